The number of fused-ring (bicyclic) bond motifs is 20. The molecule has 0 fully saturated rings. The van der Waals surface area contributed by atoms with Gasteiger partial charge in [0.15, 0.2) is 23.3 Å². The van der Waals surface area contributed by atoms with Crippen molar-refractivity contribution in [1.82, 2.24) is 39.9 Å². The SMILES string of the molecule is Nc1ccc2c(c1)-c1nc-2nc2[nH]c(nc3nc(nc4[nH]c(n1)c1ccc(N)cc41)-c1cc(N)ccc1-3)c1ccc(N)cc21.[Zn]. The van der Waals surface area contributed by atoms with Gasteiger partial charge < -0.3 is 32.9 Å². The molecule has 13 heteroatoms. The van der Waals surface area contributed by atoms with E-state index in [-0.39, 0.29) is 19.5 Å². The summed E-state index contributed by atoms with van der Waals surface area (Å²) < 4.78 is 0. The number of aromatic amines is 2. The smallest absolute Gasteiger partial charge is 0.164 e. The quantitative estimate of drug-likeness (QED) is 0.0942. The largest absolute Gasteiger partial charge is 0.399 e. The molecule has 0 saturated carbocycles. The minimum Gasteiger partial charge on any atom is -0.399 e. The third kappa shape index (κ3) is 4.09. The van der Waals surface area contributed by atoms with Gasteiger partial charge in [-0.1, -0.05) is 0 Å². The molecule has 3 aromatic heterocycles. The summed E-state index contributed by atoms with van der Waals surface area (Å²) in [5, 5.41) is 3.22. The molecule has 5 heterocycles. The number of benzene rings is 4. The molecule has 0 unspecified atom stereocenters. The van der Waals surface area contributed by atoms with E-state index in [1.807, 2.05) is 72.8 Å². The van der Waals surface area contributed by atoms with E-state index >= 15 is 0 Å². The van der Waals surface area contributed by atoms with E-state index in [1.54, 1.807) is 0 Å². The molecule has 8 bridgehead atoms. The topological polar surface area (TPSA) is 213 Å². The Bertz CT molecular complexity index is 2570. The zero-order chi connectivity index (χ0) is 29.7. The Morgan fingerprint density at radius 1 is 0.356 bits per heavy atom. The van der Waals surface area contributed by atoms with Crippen LogP contribution in [0, 0.1) is 0 Å². The molecule has 0 radical (unpaired) electrons. The Kier molecular flexibility index (Phi) is 5.65. The standard InChI is InChI=1S/C32H22N12.Zn/c33-13-1-5-17-21(9-13)29-38-25(17)37-26-18-6-2-15(35)11-23(18)31(39-26)44-32-24-12-16(36)4-8-20(24)28(43-32)42-30-22-10-14(34)3-7-19(22)27(40-29)41-30;/h1-12H,33-36H2,(H2,37,38,39,40,41,42,43,44);. The first-order chi connectivity index (χ1) is 21.4. The number of hydrogen-bond donors (Lipinski definition) is 6. The number of nitrogens with zero attached hydrogens (tertiary/aromatic N) is 6. The van der Waals surface area contributed by atoms with E-state index in [0.717, 1.165) is 43.8 Å². The van der Waals surface area contributed by atoms with Crippen molar-refractivity contribution < 1.29 is 19.5 Å². The van der Waals surface area contributed by atoms with Crippen LogP contribution in [0.15, 0.2) is 72.8 Å². The number of anilines is 4. The van der Waals surface area contributed by atoms with Crippen LogP contribution in [-0.2, 0) is 19.5 Å². The fraction of sp³-hybridized carbons (Fsp3) is 0. The molecule has 0 saturated heterocycles. The second kappa shape index (κ2) is 9.53. The van der Waals surface area contributed by atoms with Gasteiger partial charge >= 0.3 is 0 Å². The van der Waals surface area contributed by atoms with Crippen molar-refractivity contribution in [1.29, 1.82) is 0 Å². The molecule has 0 amide bonds. The summed E-state index contributed by atoms with van der Waals surface area (Å²) in [5.41, 5.74) is 32.5. The molecule has 9 rings (SSSR count). The summed E-state index contributed by atoms with van der Waals surface area (Å²) in [6.45, 7) is 0. The van der Waals surface area contributed by atoms with Crippen LogP contribution in [0.1, 0.15) is 0 Å². The van der Waals surface area contributed by atoms with Crippen LogP contribution in [0.3, 0.4) is 0 Å². The number of nitrogens with one attached hydrogen (secondary N) is 2. The average Bonchev–Trinajstić information content (AvgIpc) is 3.71. The van der Waals surface area contributed by atoms with E-state index in [2.05, 4.69) is 9.97 Å². The molecule has 12 nitrogen and oxygen atoms in total. The molecular formula is C32H22N12Zn. The van der Waals surface area contributed by atoms with Crippen LogP contribution < -0.4 is 22.9 Å². The monoisotopic (exact) mass is 638 g/mol. The summed E-state index contributed by atoms with van der Waals surface area (Å²) in [5.74, 6) is 1.86. The fourth-order valence-corrected chi connectivity index (χ4v) is 5.86. The van der Waals surface area contributed by atoms with E-state index in [0.29, 0.717) is 68.6 Å². The molecule has 212 valence electrons. The maximum atomic E-state index is 6.21. The van der Waals surface area contributed by atoms with Crippen molar-refractivity contribution in [2.24, 2.45) is 0 Å². The predicted molar refractivity (Wildman–Crippen MR) is 174 cm³/mol. The Morgan fingerprint density at radius 2 is 0.689 bits per heavy atom. The number of H-pyrrole nitrogens is 2. The number of nitrogen functional groups attached to an aromatic ring is 4. The van der Waals surface area contributed by atoms with Gasteiger partial charge in [0, 0.05) is 86.0 Å². The summed E-state index contributed by atoms with van der Waals surface area (Å²) >= 11 is 0. The van der Waals surface area contributed by atoms with Gasteiger partial charge in [0.05, 0.1) is 0 Å². The Hall–Kier alpha value is -5.94. The van der Waals surface area contributed by atoms with E-state index in [1.165, 1.54) is 0 Å². The Morgan fingerprint density at radius 3 is 1.11 bits per heavy atom. The van der Waals surface area contributed by atoms with Crippen LogP contribution in [0.5, 0.6) is 0 Å². The Balaban J connectivity index is 0.00000300. The van der Waals surface area contributed by atoms with Crippen LogP contribution in [0.25, 0.3) is 89.7 Å². The predicted octanol–water partition coefficient (Wildman–Crippen LogP) is 5.20. The number of aromatic nitrogens is 8. The molecule has 45 heavy (non-hydrogen) atoms. The summed E-state index contributed by atoms with van der Waals surface area (Å²) in [7, 11) is 0. The molecule has 0 aliphatic carbocycles. The van der Waals surface area contributed by atoms with Crippen LogP contribution in [-0.4, -0.2) is 39.9 Å². The van der Waals surface area contributed by atoms with Gasteiger partial charge in [0.2, 0.25) is 0 Å². The van der Waals surface area contributed by atoms with Crippen molar-refractivity contribution in [3.63, 3.8) is 0 Å². The van der Waals surface area contributed by atoms with Crippen molar-refractivity contribution in [2.45, 2.75) is 0 Å². The molecule has 0 spiro atoms. The summed E-state index contributed by atoms with van der Waals surface area (Å²) in [6, 6.07) is 22.3. The van der Waals surface area contributed by atoms with Crippen molar-refractivity contribution in [3.05, 3.63) is 72.8 Å². The van der Waals surface area contributed by atoms with E-state index < -0.39 is 0 Å². The molecule has 0 atom stereocenters. The first kappa shape index (κ1) is 26.7. The summed E-state index contributed by atoms with van der Waals surface area (Å²) in [4.78, 5) is 36.4. The molecule has 10 N–H and O–H groups in total. The van der Waals surface area contributed by atoms with Gasteiger partial charge in [-0.15, -0.1) is 0 Å². The third-order valence-electron chi connectivity index (χ3n) is 7.93. The molecule has 2 aliphatic rings. The van der Waals surface area contributed by atoms with E-state index in [9.17, 15) is 0 Å². The second-order valence-corrected chi connectivity index (χ2v) is 10.8. The van der Waals surface area contributed by atoms with Crippen molar-refractivity contribution >= 4 is 66.9 Å². The fourth-order valence-electron chi connectivity index (χ4n) is 5.86. The van der Waals surface area contributed by atoms with E-state index in [4.69, 9.17) is 52.8 Å². The first-order valence-electron chi connectivity index (χ1n) is 13.8. The minimum atomic E-state index is 0. The van der Waals surface area contributed by atoms with Crippen LogP contribution in [0.2, 0.25) is 0 Å². The van der Waals surface area contributed by atoms with Gasteiger partial charge in [0.25, 0.3) is 0 Å². The van der Waals surface area contributed by atoms with Crippen LogP contribution in [0.4, 0.5) is 22.7 Å². The zero-order valence-corrected chi connectivity index (χ0v) is 26.6. The van der Waals surface area contributed by atoms with Crippen molar-refractivity contribution in [2.75, 3.05) is 22.9 Å². The number of hydrogen-bond acceptors (Lipinski definition) is 10. The average molecular weight is 640 g/mol. The maximum absolute atomic E-state index is 6.21. The van der Waals surface area contributed by atoms with Gasteiger partial charge in [-0.05, 0) is 72.8 Å². The summed E-state index contributed by atoms with van der Waals surface area (Å²) in [6.07, 6.45) is 0. The minimum absolute atomic E-state index is 0. The van der Waals surface area contributed by atoms with Crippen LogP contribution >= 0.6 is 0 Å². The molecule has 2 aliphatic heterocycles. The molecule has 4 aromatic carbocycles. The zero-order valence-electron chi connectivity index (χ0n) is 23.6. The third-order valence-corrected chi connectivity index (χ3v) is 7.93. The maximum Gasteiger partial charge on any atom is 0.164 e. The van der Waals surface area contributed by atoms with Gasteiger partial charge in [-0.3, -0.25) is 0 Å². The molecular weight excluding hydrogens is 618 g/mol. The van der Waals surface area contributed by atoms with Crippen molar-refractivity contribution in [3.8, 4) is 45.6 Å². The molecule has 7 aromatic rings. The Labute approximate surface area is 266 Å². The van der Waals surface area contributed by atoms with Gasteiger partial charge in [-0.25, -0.2) is 29.9 Å². The number of nitrogens with two attached hydrogens (primary N) is 4. The normalized spacial score (nSPS) is 11.7. The van der Waals surface area contributed by atoms with Gasteiger partial charge in [-0.2, -0.15) is 0 Å². The number of rotatable bonds is 0. The second-order valence-electron chi connectivity index (χ2n) is 10.8. The first-order valence-corrected chi connectivity index (χ1v) is 13.8. The van der Waals surface area contributed by atoms with Gasteiger partial charge in [0.1, 0.15) is 22.6 Å².